The summed E-state index contributed by atoms with van der Waals surface area (Å²) >= 11 is 7.71. The quantitative estimate of drug-likeness (QED) is 0.812. The van der Waals surface area contributed by atoms with Gasteiger partial charge in [-0.15, -0.1) is 0 Å². The van der Waals surface area contributed by atoms with Gasteiger partial charge in [0.15, 0.2) is 0 Å². The second-order valence-corrected chi connectivity index (χ2v) is 8.20. The zero-order valence-electron chi connectivity index (χ0n) is 14.4. The summed E-state index contributed by atoms with van der Waals surface area (Å²) < 4.78 is 38.3. The number of likely N-dealkylation sites (tertiary alicyclic amines) is 1. The van der Waals surface area contributed by atoms with E-state index in [0.29, 0.717) is 13.1 Å². The van der Waals surface area contributed by atoms with Crippen LogP contribution in [0.5, 0.6) is 0 Å². The maximum atomic E-state index is 12.8. The highest BCUT2D eigenvalue weighted by Crippen LogP contribution is 2.33. The first-order valence-electron chi connectivity index (χ1n) is 8.49. The van der Waals surface area contributed by atoms with E-state index in [0.717, 1.165) is 42.8 Å². The van der Waals surface area contributed by atoms with Crippen LogP contribution >= 0.6 is 23.4 Å². The molecule has 2 fully saturated rings. The second-order valence-electron chi connectivity index (χ2n) is 6.57. The molecule has 0 radical (unpaired) electrons. The van der Waals surface area contributed by atoms with Crippen LogP contribution in [0.25, 0.3) is 0 Å². The minimum Gasteiger partial charge on any atom is -0.341 e. The minimum atomic E-state index is -4.51. The number of rotatable bonds is 4. The van der Waals surface area contributed by atoms with Gasteiger partial charge < -0.3 is 10.2 Å². The van der Waals surface area contributed by atoms with Gasteiger partial charge in [-0.3, -0.25) is 14.5 Å². The summed E-state index contributed by atoms with van der Waals surface area (Å²) in [5.41, 5.74) is -0.952. The molecule has 2 aliphatic heterocycles. The summed E-state index contributed by atoms with van der Waals surface area (Å²) in [6, 6.07) is 2.79. The fraction of sp³-hybridized carbons (Fsp3) is 0.529. The molecule has 10 heteroatoms. The minimum absolute atomic E-state index is 0.00616. The number of nitrogens with one attached hydrogen (secondary N) is 1. The molecule has 0 aliphatic carbocycles. The number of anilines is 1. The van der Waals surface area contributed by atoms with Gasteiger partial charge in [0.1, 0.15) is 0 Å². The van der Waals surface area contributed by atoms with Crippen molar-refractivity contribution in [1.82, 2.24) is 9.80 Å². The topological polar surface area (TPSA) is 52.7 Å². The van der Waals surface area contributed by atoms with Crippen LogP contribution in [0.3, 0.4) is 0 Å². The third-order valence-electron chi connectivity index (χ3n) is 4.56. The predicted molar refractivity (Wildman–Crippen MR) is 98.9 cm³/mol. The van der Waals surface area contributed by atoms with Crippen LogP contribution in [0, 0.1) is 5.92 Å². The Kier molecular flexibility index (Phi) is 6.22. The Hall–Kier alpha value is -1.45. The molecule has 27 heavy (non-hydrogen) atoms. The normalized spacial score (nSPS) is 18.9. The summed E-state index contributed by atoms with van der Waals surface area (Å²) in [5.74, 6) is 1.44. The van der Waals surface area contributed by atoms with Crippen molar-refractivity contribution >= 4 is 40.9 Å². The molecule has 0 saturated carbocycles. The maximum absolute atomic E-state index is 12.8. The van der Waals surface area contributed by atoms with E-state index in [1.54, 1.807) is 4.90 Å². The number of amides is 2. The van der Waals surface area contributed by atoms with E-state index in [2.05, 4.69) is 5.32 Å². The Bertz CT molecular complexity index is 720. The van der Waals surface area contributed by atoms with E-state index in [1.807, 2.05) is 16.7 Å². The van der Waals surface area contributed by atoms with Gasteiger partial charge in [-0.05, 0) is 18.2 Å². The zero-order chi connectivity index (χ0) is 19.6. The molecular formula is C17H19ClF3N3O2S. The third kappa shape index (κ3) is 5.08. The number of alkyl halides is 3. The van der Waals surface area contributed by atoms with Gasteiger partial charge in [-0.1, -0.05) is 11.6 Å². The summed E-state index contributed by atoms with van der Waals surface area (Å²) in [6.45, 7) is 2.48. The molecule has 0 aromatic heterocycles. The van der Waals surface area contributed by atoms with Crippen LogP contribution in [0.1, 0.15) is 5.56 Å². The third-order valence-corrected chi connectivity index (χ3v) is 5.84. The number of thioether (sulfide) groups is 1. The maximum Gasteiger partial charge on any atom is 0.416 e. The Morgan fingerprint density at radius 3 is 2.52 bits per heavy atom. The first-order chi connectivity index (χ1) is 12.7. The van der Waals surface area contributed by atoms with Crippen molar-refractivity contribution in [2.24, 2.45) is 5.92 Å². The molecule has 0 unspecified atom stereocenters. The Morgan fingerprint density at radius 2 is 1.89 bits per heavy atom. The standard InChI is InChI=1S/C17H19ClF3N3O2S/c18-13-2-1-12(17(19,20)21)7-14(13)22-15(25)10-23-8-11(9-23)16(26)24-3-5-27-6-4-24/h1-2,7,11H,3-6,8-10H2,(H,22,25). The van der Waals surface area contributed by atoms with E-state index in [1.165, 1.54) is 0 Å². The molecule has 1 N–H and O–H groups in total. The van der Waals surface area contributed by atoms with Gasteiger partial charge in [0, 0.05) is 37.7 Å². The number of halogens is 4. The largest absolute Gasteiger partial charge is 0.416 e. The number of hydrogen-bond acceptors (Lipinski definition) is 4. The number of carbonyl (C=O) groups excluding carboxylic acids is 2. The number of nitrogens with zero attached hydrogens (tertiary/aromatic N) is 2. The molecule has 2 heterocycles. The Morgan fingerprint density at radius 1 is 1.22 bits per heavy atom. The highest BCUT2D eigenvalue weighted by Gasteiger charge is 2.36. The Labute approximate surface area is 164 Å². The van der Waals surface area contributed by atoms with Gasteiger partial charge in [-0.2, -0.15) is 24.9 Å². The number of benzene rings is 1. The second kappa shape index (κ2) is 8.28. The molecule has 5 nitrogen and oxygen atoms in total. The van der Waals surface area contributed by atoms with E-state index in [-0.39, 0.29) is 29.1 Å². The van der Waals surface area contributed by atoms with Crippen molar-refractivity contribution in [1.29, 1.82) is 0 Å². The summed E-state index contributed by atoms with van der Waals surface area (Å²) in [6.07, 6.45) is -4.51. The lowest BCUT2D eigenvalue weighted by Crippen LogP contribution is -2.57. The molecule has 0 spiro atoms. The monoisotopic (exact) mass is 421 g/mol. The molecule has 1 aromatic rings. The lowest BCUT2D eigenvalue weighted by atomic mass is 9.98. The van der Waals surface area contributed by atoms with Crippen LogP contribution in [-0.2, 0) is 15.8 Å². The summed E-state index contributed by atoms with van der Waals surface area (Å²) in [5, 5.41) is 2.46. The van der Waals surface area contributed by atoms with Crippen molar-refractivity contribution in [2.75, 3.05) is 49.5 Å². The molecule has 0 bridgehead atoms. The predicted octanol–water partition coefficient (Wildman–Crippen LogP) is 2.80. The molecule has 2 amide bonds. The first-order valence-corrected chi connectivity index (χ1v) is 10.0. The molecule has 148 valence electrons. The lowest BCUT2D eigenvalue weighted by Gasteiger charge is -2.41. The van der Waals surface area contributed by atoms with Crippen LogP contribution in [0.15, 0.2) is 18.2 Å². The molecule has 2 aliphatic rings. The first kappa shape index (κ1) is 20.3. The average molecular weight is 422 g/mol. The van der Waals surface area contributed by atoms with Crippen molar-refractivity contribution in [3.63, 3.8) is 0 Å². The molecule has 0 atom stereocenters. The highest BCUT2D eigenvalue weighted by atomic mass is 35.5. The molecular weight excluding hydrogens is 403 g/mol. The van der Waals surface area contributed by atoms with E-state index >= 15 is 0 Å². The smallest absolute Gasteiger partial charge is 0.341 e. The van der Waals surface area contributed by atoms with Crippen LogP contribution < -0.4 is 5.32 Å². The summed E-state index contributed by atoms with van der Waals surface area (Å²) in [4.78, 5) is 28.1. The van der Waals surface area contributed by atoms with Crippen molar-refractivity contribution in [2.45, 2.75) is 6.18 Å². The van der Waals surface area contributed by atoms with Gasteiger partial charge in [0.05, 0.1) is 28.7 Å². The number of carbonyl (C=O) groups is 2. The van der Waals surface area contributed by atoms with E-state index in [9.17, 15) is 22.8 Å². The van der Waals surface area contributed by atoms with Crippen molar-refractivity contribution in [3.05, 3.63) is 28.8 Å². The van der Waals surface area contributed by atoms with Gasteiger partial charge >= 0.3 is 6.18 Å². The zero-order valence-corrected chi connectivity index (χ0v) is 16.0. The van der Waals surface area contributed by atoms with E-state index in [4.69, 9.17) is 11.6 Å². The highest BCUT2D eigenvalue weighted by molar-refractivity contribution is 7.99. The van der Waals surface area contributed by atoms with Crippen LogP contribution in [0.4, 0.5) is 18.9 Å². The van der Waals surface area contributed by atoms with Crippen LogP contribution in [-0.4, -0.2) is 65.8 Å². The van der Waals surface area contributed by atoms with Gasteiger partial charge in [0.2, 0.25) is 11.8 Å². The molecule has 2 saturated heterocycles. The SMILES string of the molecule is O=C(CN1CC(C(=O)N2CCSCC2)C1)Nc1cc(C(F)(F)F)ccc1Cl. The average Bonchev–Trinajstić information content (AvgIpc) is 2.59. The fourth-order valence-electron chi connectivity index (χ4n) is 3.09. The lowest BCUT2D eigenvalue weighted by molar-refractivity contribution is -0.142. The van der Waals surface area contributed by atoms with E-state index < -0.39 is 17.6 Å². The van der Waals surface area contributed by atoms with Gasteiger partial charge in [-0.25, -0.2) is 0 Å². The van der Waals surface area contributed by atoms with Gasteiger partial charge in [0.25, 0.3) is 0 Å². The van der Waals surface area contributed by atoms with Crippen molar-refractivity contribution < 1.29 is 22.8 Å². The Balaban J connectivity index is 1.49. The summed E-state index contributed by atoms with van der Waals surface area (Å²) in [7, 11) is 0. The molecule has 1 aromatic carbocycles. The number of hydrogen-bond donors (Lipinski definition) is 1. The van der Waals surface area contributed by atoms with Crippen molar-refractivity contribution in [3.8, 4) is 0 Å². The molecule has 3 rings (SSSR count). The van der Waals surface area contributed by atoms with Crippen LogP contribution in [0.2, 0.25) is 5.02 Å². The fourth-order valence-corrected chi connectivity index (χ4v) is 4.16.